The third kappa shape index (κ3) is 2.81. The Morgan fingerprint density at radius 3 is 2.42 bits per heavy atom. The Labute approximate surface area is 152 Å². The molecular weight excluding hydrogens is 332 g/mol. The van der Waals surface area contributed by atoms with Gasteiger partial charge in [0.05, 0.1) is 27.9 Å². The lowest BCUT2D eigenvalue weighted by Gasteiger charge is -2.18. The van der Waals surface area contributed by atoms with Crippen LogP contribution in [0.15, 0.2) is 41.4 Å². The molecule has 0 amide bonds. The van der Waals surface area contributed by atoms with E-state index in [1.807, 2.05) is 18.2 Å². The van der Waals surface area contributed by atoms with E-state index in [0.29, 0.717) is 23.8 Å². The Morgan fingerprint density at radius 2 is 1.77 bits per heavy atom. The second-order valence-electron chi connectivity index (χ2n) is 6.30. The predicted octanol–water partition coefficient (Wildman–Crippen LogP) is 3.22. The minimum absolute atomic E-state index is 0.0828. The smallest absolute Gasteiger partial charge is 0.207 e. The van der Waals surface area contributed by atoms with Gasteiger partial charge in [0.2, 0.25) is 11.6 Å². The van der Waals surface area contributed by atoms with Crippen LogP contribution in [-0.4, -0.2) is 39.8 Å². The fourth-order valence-electron chi connectivity index (χ4n) is 3.49. The fraction of sp³-hybridized carbons (Fsp3) is 0.350. The van der Waals surface area contributed by atoms with E-state index in [9.17, 15) is 0 Å². The Morgan fingerprint density at radius 1 is 1.04 bits per heavy atom. The molecule has 1 unspecified atom stereocenters. The van der Waals surface area contributed by atoms with E-state index in [1.165, 1.54) is 5.56 Å². The van der Waals surface area contributed by atoms with Crippen molar-refractivity contribution >= 4 is 11.6 Å². The van der Waals surface area contributed by atoms with E-state index in [-0.39, 0.29) is 12.1 Å². The zero-order chi connectivity index (χ0) is 18.1. The van der Waals surface area contributed by atoms with E-state index in [4.69, 9.17) is 18.9 Å². The van der Waals surface area contributed by atoms with Crippen LogP contribution in [0.25, 0.3) is 0 Å². The fourth-order valence-corrected chi connectivity index (χ4v) is 3.49. The second kappa shape index (κ2) is 6.78. The van der Waals surface area contributed by atoms with Crippen molar-refractivity contribution in [3.05, 3.63) is 47.5 Å². The lowest BCUT2D eigenvalue weighted by atomic mass is 10.1. The third-order valence-electron chi connectivity index (χ3n) is 4.80. The lowest BCUT2D eigenvalue weighted by molar-refractivity contribution is 0.220. The molecule has 2 heterocycles. The van der Waals surface area contributed by atoms with Crippen LogP contribution in [0.5, 0.6) is 17.2 Å². The molecule has 2 aromatic rings. The zero-order valence-electron chi connectivity index (χ0n) is 15.1. The van der Waals surface area contributed by atoms with Crippen LogP contribution in [0.1, 0.15) is 17.2 Å². The molecule has 2 aliphatic rings. The van der Waals surface area contributed by atoms with Gasteiger partial charge in [-0.3, -0.25) is 0 Å². The largest absolute Gasteiger partial charge is 0.493 e. The highest BCUT2D eigenvalue weighted by atomic mass is 16.5. The summed E-state index contributed by atoms with van der Waals surface area (Å²) in [5, 5.41) is 3.49. The number of nitrogens with zero attached hydrogens (tertiary/aromatic N) is 1. The van der Waals surface area contributed by atoms with Crippen LogP contribution in [0.2, 0.25) is 0 Å². The monoisotopic (exact) mass is 354 g/mol. The van der Waals surface area contributed by atoms with Crippen LogP contribution in [0, 0.1) is 0 Å². The van der Waals surface area contributed by atoms with Gasteiger partial charge in [0.1, 0.15) is 12.1 Å². The summed E-state index contributed by atoms with van der Waals surface area (Å²) in [4.78, 5) is 4.63. The molecule has 2 aromatic carbocycles. The van der Waals surface area contributed by atoms with E-state index in [1.54, 1.807) is 21.3 Å². The maximum atomic E-state index is 6.17. The van der Waals surface area contributed by atoms with Crippen LogP contribution >= 0.6 is 0 Å². The average Bonchev–Trinajstić information content (AvgIpc) is 3.33. The number of fused-ring (bicyclic) bond motifs is 1. The van der Waals surface area contributed by atoms with Crippen molar-refractivity contribution < 1.29 is 18.9 Å². The highest BCUT2D eigenvalue weighted by Crippen LogP contribution is 2.41. The van der Waals surface area contributed by atoms with Gasteiger partial charge in [-0.05, 0) is 23.8 Å². The number of hydrogen-bond donors (Lipinski definition) is 1. The zero-order valence-corrected chi connectivity index (χ0v) is 15.1. The van der Waals surface area contributed by atoms with Gasteiger partial charge in [-0.1, -0.05) is 18.2 Å². The third-order valence-corrected chi connectivity index (χ3v) is 4.80. The summed E-state index contributed by atoms with van der Waals surface area (Å²) in [6, 6.07) is 12.2. The van der Waals surface area contributed by atoms with Crippen molar-refractivity contribution in [3.63, 3.8) is 0 Å². The molecule has 0 bridgehead atoms. The summed E-state index contributed by atoms with van der Waals surface area (Å²) in [7, 11) is 4.81. The molecule has 0 fully saturated rings. The SMILES string of the molecule is COc1cc(C2CN=C([C@@H]3Cc4ccccc4N3)O2)cc(OC)c1OC. The van der Waals surface area contributed by atoms with Crippen LogP contribution in [0.4, 0.5) is 5.69 Å². The number of hydrogen-bond acceptors (Lipinski definition) is 6. The summed E-state index contributed by atoms with van der Waals surface area (Å²) >= 11 is 0. The quantitative estimate of drug-likeness (QED) is 0.893. The minimum atomic E-state index is -0.163. The van der Waals surface area contributed by atoms with Gasteiger partial charge < -0.3 is 24.3 Å². The van der Waals surface area contributed by atoms with Gasteiger partial charge >= 0.3 is 0 Å². The highest BCUT2D eigenvalue weighted by molar-refractivity contribution is 5.88. The first kappa shape index (κ1) is 16.6. The predicted molar refractivity (Wildman–Crippen MR) is 99.8 cm³/mol. The van der Waals surface area contributed by atoms with Crippen LogP contribution in [0.3, 0.4) is 0 Å². The van der Waals surface area contributed by atoms with E-state index in [0.717, 1.165) is 23.6 Å². The number of nitrogens with one attached hydrogen (secondary N) is 1. The van der Waals surface area contributed by atoms with Gasteiger partial charge in [-0.2, -0.15) is 0 Å². The number of rotatable bonds is 5. The number of aliphatic imine (C=N–C) groups is 1. The maximum Gasteiger partial charge on any atom is 0.207 e. The van der Waals surface area contributed by atoms with Gasteiger partial charge in [-0.25, -0.2) is 4.99 Å². The first-order chi connectivity index (χ1) is 12.7. The van der Waals surface area contributed by atoms with Gasteiger partial charge in [0.25, 0.3) is 0 Å². The first-order valence-electron chi connectivity index (χ1n) is 8.58. The van der Waals surface area contributed by atoms with Crippen LogP contribution in [-0.2, 0) is 11.2 Å². The van der Waals surface area contributed by atoms with Gasteiger partial charge in [0, 0.05) is 17.7 Å². The Bertz CT molecular complexity index is 799. The van der Waals surface area contributed by atoms with Crippen molar-refractivity contribution in [2.45, 2.75) is 18.6 Å². The second-order valence-corrected chi connectivity index (χ2v) is 6.30. The molecule has 26 heavy (non-hydrogen) atoms. The molecular formula is C20H22N2O4. The Hall–Kier alpha value is -2.89. The molecule has 0 spiro atoms. The van der Waals surface area contributed by atoms with E-state index < -0.39 is 0 Å². The lowest BCUT2D eigenvalue weighted by Crippen LogP contribution is -2.27. The molecule has 0 saturated carbocycles. The molecule has 1 N–H and O–H groups in total. The van der Waals surface area contributed by atoms with E-state index in [2.05, 4.69) is 28.5 Å². The molecule has 0 radical (unpaired) electrons. The summed E-state index contributed by atoms with van der Waals surface area (Å²) in [5.74, 6) is 2.56. The summed E-state index contributed by atoms with van der Waals surface area (Å²) in [6.07, 6.45) is 0.723. The average molecular weight is 354 g/mol. The van der Waals surface area contributed by atoms with E-state index >= 15 is 0 Å². The minimum Gasteiger partial charge on any atom is -0.493 e. The summed E-state index contributed by atoms with van der Waals surface area (Å²) in [5.41, 5.74) is 3.40. The molecule has 6 nitrogen and oxygen atoms in total. The molecule has 0 saturated heterocycles. The highest BCUT2D eigenvalue weighted by Gasteiger charge is 2.32. The summed E-state index contributed by atoms with van der Waals surface area (Å²) < 4.78 is 22.4. The molecule has 6 heteroatoms. The van der Waals surface area contributed by atoms with Crippen molar-refractivity contribution in [1.82, 2.24) is 0 Å². The Balaban J connectivity index is 1.52. The van der Waals surface area contributed by atoms with Crippen molar-refractivity contribution in [2.75, 3.05) is 33.2 Å². The van der Waals surface area contributed by atoms with Crippen molar-refractivity contribution in [2.24, 2.45) is 4.99 Å². The maximum absolute atomic E-state index is 6.17. The number of methoxy groups -OCH3 is 3. The van der Waals surface area contributed by atoms with Gasteiger partial charge in [0.15, 0.2) is 11.5 Å². The topological polar surface area (TPSA) is 61.3 Å². The molecule has 2 aliphatic heterocycles. The molecule has 2 atom stereocenters. The number of anilines is 1. The standard InChI is InChI=1S/C20H22N2O4/c1-23-16-9-13(10-17(24-2)19(16)25-3)18-11-21-20(26-18)15-8-12-6-4-5-7-14(12)22-15/h4-7,9-10,15,18,22H,8,11H2,1-3H3/t15-,18?/m0/s1. The van der Waals surface area contributed by atoms with Crippen molar-refractivity contribution in [1.29, 1.82) is 0 Å². The number of para-hydroxylation sites is 1. The number of ether oxygens (including phenoxy) is 4. The summed E-state index contributed by atoms with van der Waals surface area (Å²) in [6.45, 7) is 0.572. The van der Waals surface area contributed by atoms with Crippen LogP contribution < -0.4 is 19.5 Å². The number of benzene rings is 2. The van der Waals surface area contributed by atoms with Gasteiger partial charge in [-0.15, -0.1) is 0 Å². The van der Waals surface area contributed by atoms with Crippen molar-refractivity contribution in [3.8, 4) is 17.2 Å². The molecule has 0 aromatic heterocycles. The Kier molecular flexibility index (Phi) is 4.32. The molecule has 0 aliphatic carbocycles. The molecule has 4 rings (SSSR count). The molecule has 136 valence electrons. The normalized spacial score (nSPS) is 20.7. The first-order valence-corrected chi connectivity index (χ1v) is 8.58.